The van der Waals surface area contributed by atoms with Gasteiger partial charge < -0.3 is 0 Å². The maximum absolute atomic E-state index is 11.6. The molecule has 0 rings (SSSR count). The van der Waals surface area contributed by atoms with Crippen LogP contribution < -0.4 is 0 Å². The summed E-state index contributed by atoms with van der Waals surface area (Å²) in [6.07, 6.45) is 0. The zero-order valence-electron chi connectivity index (χ0n) is 9.83. The Morgan fingerprint density at radius 1 is 1.14 bits per heavy atom. The van der Waals surface area contributed by atoms with Gasteiger partial charge in [-0.15, -0.1) is 0 Å². The first kappa shape index (κ1) is 14.5. The van der Waals surface area contributed by atoms with Gasteiger partial charge in [0.05, 0.1) is 0 Å². The fraction of sp³-hybridized carbons (Fsp3) is 1.00. The molecule has 0 N–H and O–H groups in total. The molecule has 1 atom stereocenters. The van der Waals surface area contributed by atoms with Crippen molar-refractivity contribution in [1.29, 1.82) is 0 Å². The molecular formula is C9H22GeO3S. The molecule has 1 unspecified atom stereocenters. The van der Waals surface area contributed by atoms with Gasteiger partial charge in [-0.25, -0.2) is 0 Å². The van der Waals surface area contributed by atoms with Crippen LogP contribution >= 0.6 is 0 Å². The van der Waals surface area contributed by atoms with Gasteiger partial charge in [-0.05, 0) is 0 Å². The molecule has 0 aromatic heterocycles. The third-order valence-electron chi connectivity index (χ3n) is 3.64. The van der Waals surface area contributed by atoms with Gasteiger partial charge >= 0.3 is 90.6 Å². The van der Waals surface area contributed by atoms with Gasteiger partial charge in [0.15, 0.2) is 0 Å². The average Bonchev–Trinajstić information content (AvgIpc) is 2.21. The maximum atomic E-state index is 11.6. The minimum absolute atomic E-state index is 0.243. The molecule has 0 saturated carbocycles. The second-order valence-electron chi connectivity index (χ2n) is 3.72. The Morgan fingerprint density at radius 2 is 1.50 bits per heavy atom. The molecule has 86 valence electrons. The van der Waals surface area contributed by atoms with Crippen molar-refractivity contribution in [2.24, 2.45) is 0 Å². The first-order valence-electron chi connectivity index (χ1n) is 5.19. The standard InChI is InChI=1S/C9H22GeO3S/c1-6-10(7-2,8-3)9(4)14(11,12)13-5/h9H,6-8H2,1-5H3. The molecule has 3 nitrogen and oxygen atoms in total. The summed E-state index contributed by atoms with van der Waals surface area (Å²) in [5.74, 6) is 0. The van der Waals surface area contributed by atoms with Crippen molar-refractivity contribution in [2.75, 3.05) is 7.11 Å². The summed E-state index contributed by atoms with van der Waals surface area (Å²) in [4.78, 5) is 0. The quantitative estimate of drug-likeness (QED) is 0.555. The van der Waals surface area contributed by atoms with Crippen molar-refractivity contribution >= 4 is 23.4 Å². The molecule has 0 aliphatic carbocycles. The van der Waals surface area contributed by atoms with E-state index in [9.17, 15) is 8.42 Å². The van der Waals surface area contributed by atoms with Crippen LogP contribution in [0.5, 0.6) is 0 Å². The molecule has 14 heavy (non-hydrogen) atoms. The first-order valence-corrected chi connectivity index (χ1v) is 12.3. The van der Waals surface area contributed by atoms with Crippen LogP contribution in [0.2, 0.25) is 15.8 Å². The molecule has 0 radical (unpaired) electrons. The van der Waals surface area contributed by atoms with Crippen molar-refractivity contribution in [1.82, 2.24) is 0 Å². The molecule has 0 bridgehead atoms. The van der Waals surface area contributed by atoms with Gasteiger partial charge in [0.1, 0.15) is 0 Å². The van der Waals surface area contributed by atoms with Crippen molar-refractivity contribution in [2.45, 2.75) is 47.5 Å². The van der Waals surface area contributed by atoms with E-state index in [1.54, 1.807) is 0 Å². The fourth-order valence-electron chi connectivity index (χ4n) is 2.06. The van der Waals surface area contributed by atoms with E-state index in [4.69, 9.17) is 0 Å². The van der Waals surface area contributed by atoms with Crippen LogP contribution in [0.1, 0.15) is 27.7 Å². The van der Waals surface area contributed by atoms with Crippen LogP contribution in [0, 0.1) is 0 Å². The molecule has 0 spiro atoms. The van der Waals surface area contributed by atoms with Crippen molar-refractivity contribution in [3.63, 3.8) is 0 Å². The number of rotatable bonds is 6. The second-order valence-corrected chi connectivity index (χ2v) is 18.6. The second kappa shape index (κ2) is 5.51. The molecule has 0 aromatic carbocycles. The average molecular weight is 283 g/mol. The van der Waals surface area contributed by atoms with Gasteiger partial charge in [-0.1, -0.05) is 0 Å². The van der Waals surface area contributed by atoms with Crippen molar-refractivity contribution < 1.29 is 12.6 Å². The third kappa shape index (κ3) is 2.73. The zero-order valence-corrected chi connectivity index (χ0v) is 12.7. The molecular weight excluding hydrogens is 261 g/mol. The third-order valence-corrected chi connectivity index (χ3v) is 21.9. The van der Waals surface area contributed by atoms with Crippen LogP contribution in [0.4, 0.5) is 0 Å². The van der Waals surface area contributed by atoms with Crippen LogP contribution in [-0.4, -0.2) is 32.9 Å². The summed E-state index contributed by atoms with van der Waals surface area (Å²) >= 11 is -2.23. The summed E-state index contributed by atoms with van der Waals surface area (Å²) in [5.41, 5.74) is 0. The van der Waals surface area contributed by atoms with E-state index in [2.05, 4.69) is 25.0 Å². The molecule has 0 heterocycles. The van der Waals surface area contributed by atoms with E-state index in [1.165, 1.54) is 7.11 Å². The van der Waals surface area contributed by atoms with E-state index >= 15 is 0 Å². The van der Waals surface area contributed by atoms with Crippen LogP contribution in [-0.2, 0) is 14.3 Å². The van der Waals surface area contributed by atoms with E-state index in [1.807, 2.05) is 6.92 Å². The number of hydrogen-bond acceptors (Lipinski definition) is 3. The molecule has 0 aliphatic rings. The zero-order chi connectivity index (χ0) is 11.4. The van der Waals surface area contributed by atoms with Gasteiger partial charge in [-0.2, -0.15) is 0 Å². The van der Waals surface area contributed by atoms with Gasteiger partial charge in [0.25, 0.3) is 0 Å². The van der Waals surface area contributed by atoms with Gasteiger partial charge in [0.2, 0.25) is 0 Å². The summed E-state index contributed by atoms with van der Waals surface area (Å²) < 4.78 is 27.7. The van der Waals surface area contributed by atoms with Crippen LogP contribution in [0.25, 0.3) is 0 Å². The molecule has 0 saturated heterocycles. The van der Waals surface area contributed by atoms with E-state index < -0.39 is 23.4 Å². The van der Waals surface area contributed by atoms with Crippen molar-refractivity contribution in [3.8, 4) is 0 Å². The van der Waals surface area contributed by atoms with Gasteiger partial charge in [-0.3, -0.25) is 0 Å². The molecule has 0 aliphatic heterocycles. The Labute approximate surface area is 90.7 Å². The summed E-state index contributed by atoms with van der Waals surface area (Å²) in [6, 6.07) is 0. The molecule has 0 fully saturated rings. The molecule has 5 heteroatoms. The fourth-order valence-corrected chi connectivity index (χ4v) is 16.8. The van der Waals surface area contributed by atoms with Gasteiger partial charge in [0, 0.05) is 0 Å². The van der Waals surface area contributed by atoms with Crippen molar-refractivity contribution in [3.05, 3.63) is 0 Å². The molecule has 0 aromatic rings. The van der Waals surface area contributed by atoms with Crippen LogP contribution in [0.3, 0.4) is 0 Å². The first-order chi connectivity index (χ1) is 6.40. The predicted octanol–water partition coefficient (Wildman–Crippen LogP) is 2.40. The Hall–Kier alpha value is 0.453. The SMILES string of the molecule is C[CH2][Ge]([CH2]C)([CH2]C)[CH](C)S(=O)(=O)OC. The van der Waals surface area contributed by atoms with E-state index in [0.29, 0.717) is 0 Å². The summed E-state index contributed by atoms with van der Waals surface area (Å²) in [6.45, 7) is 8.19. The summed E-state index contributed by atoms with van der Waals surface area (Å²) in [5, 5.41) is 3.16. The topological polar surface area (TPSA) is 43.4 Å². The normalized spacial score (nSPS) is 15.5. The Bertz CT molecular complexity index is 249. The Morgan fingerprint density at radius 3 is 1.71 bits per heavy atom. The monoisotopic (exact) mass is 284 g/mol. The number of hydrogen-bond donors (Lipinski definition) is 0. The van der Waals surface area contributed by atoms with Crippen LogP contribution in [0.15, 0.2) is 0 Å². The molecule has 0 amide bonds. The Kier molecular flexibility index (Phi) is 5.69. The summed E-state index contributed by atoms with van der Waals surface area (Å²) in [7, 11) is -2.05. The van der Waals surface area contributed by atoms with E-state index in [-0.39, 0.29) is 4.08 Å². The minimum atomic E-state index is -3.31. The predicted molar refractivity (Wildman–Crippen MR) is 62.6 cm³/mol. The van der Waals surface area contributed by atoms with E-state index in [0.717, 1.165) is 15.8 Å². The Balaban J connectivity index is 5.04.